The maximum atomic E-state index is 12.9. The first-order valence-electron chi connectivity index (χ1n) is 8.48. The van der Waals surface area contributed by atoms with E-state index in [9.17, 15) is 27.9 Å². The number of carbonyl (C=O) groups excluding carboxylic acids is 1. The molecule has 0 heterocycles. The summed E-state index contributed by atoms with van der Waals surface area (Å²) in [6.45, 7) is -0.126. The molecule has 2 aromatic carbocycles. The van der Waals surface area contributed by atoms with E-state index in [0.717, 1.165) is 12.1 Å². The van der Waals surface area contributed by atoms with Gasteiger partial charge in [-0.2, -0.15) is 13.2 Å². The Hall–Kier alpha value is -2.83. The zero-order chi connectivity index (χ0) is 19.7. The molecular formula is C20H18F3NO3. The van der Waals surface area contributed by atoms with E-state index in [1.807, 2.05) is 0 Å². The molecule has 1 saturated carbocycles. The molecule has 1 unspecified atom stereocenters. The number of carboxylic acid groups (broad SMARTS) is 1. The minimum absolute atomic E-state index is 0.126. The summed E-state index contributed by atoms with van der Waals surface area (Å²) < 4.78 is 38.8. The number of alkyl halides is 3. The molecule has 0 bridgehead atoms. The van der Waals surface area contributed by atoms with Crippen molar-refractivity contribution in [1.82, 2.24) is 5.32 Å². The standard InChI is InChI=1S/C20H18F3NO3/c21-20(22,23)15-8-4-7-14(11-15)19(9-10-19)18(27)24-12-16(17(25)26)13-5-2-1-3-6-13/h1-8,11,16H,9-10,12H2,(H,24,27)(H,25,26). The van der Waals surface area contributed by atoms with Crippen LogP contribution in [-0.2, 0) is 21.2 Å². The van der Waals surface area contributed by atoms with Gasteiger partial charge < -0.3 is 10.4 Å². The van der Waals surface area contributed by atoms with Gasteiger partial charge in [0.25, 0.3) is 0 Å². The van der Waals surface area contributed by atoms with E-state index in [1.54, 1.807) is 30.3 Å². The van der Waals surface area contributed by atoms with Crippen LogP contribution in [0, 0.1) is 0 Å². The fourth-order valence-corrected chi connectivity index (χ4v) is 3.16. The van der Waals surface area contributed by atoms with Crippen LogP contribution in [0.25, 0.3) is 0 Å². The molecule has 2 aromatic rings. The van der Waals surface area contributed by atoms with Crippen molar-refractivity contribution in [2.75, 3.05) is 6.54 Å². The average molecular weight is 377 g/mol. The van der Waals surface area contributed by atoms with Crippen molar-refractivity contribution in [1.29, 1.82) is 0 Å². The normalized spacial score (nSPS) is 16.4. The van der Waals surface area contributed by atoms with Crippen LogP contribution in [-0.4, -0.2) is 23.5 Å². The Morgan fingerprint density at radius 3 is 2.30 bits per heavy atom. The third-order valence-corrected chi connectivity index (χ3v) is 4.89. The molecule has 1 aliphatic carbocycles. The second-order valence-corrected chi connectivity index (χ2v) is 6.67. The second kappa shape index (κ2) is 7.06. The monoisotopic (exact) mass is 377 g/mol. The molecule has 0 aliphatic heterocycles. The van der Waals surface area contributed by atoms with Gasteiger partial charge >= 0.3 is 12.1 Å². The number of carbonyl (C=O) groups is 2. The van der Waals surface area contributed by atoms with Crippen molar-refractivity contribution in [3.8, 4) is 0 Å². The minimum Gasteiger partial charge on any atom is -0.481 e. The van der Waals surface area contributed by atoms with E-state index >= 15 is 0 Å². The van der Waals surface area contributed by atoms with Crippen LogP contribution in [0.5, 0.6) is 0 Å². The highest BCUT2D eigenvalue weighted by Crippen LogP contribution is 2.49. The number of hydrogen-bond donors (Lipinski definition) is 2. The quantitative estimate of drug-likeness (QED) is 0.806. The molecule has 1 amide bonds. The van der Waals surface area contributed by atoms with Crippen molar-refractivity contribution < 1.29 is 27.9 Å². The van der Waals surface area contributed by atoms with E-state index in [0.29, 0.717) is 24.0 Å². The Labute approximate surface area is 154 Å². The van der Waals surface area contributed by atoms with Crippen LogP contribution in [0.2, 0.25) is 0 Å². The third kappa shape index (κ3) is 3.97. The molecule has 1 atom stereocenters. The summed E-state index contributed by atoms with van der Waals surface area (Å²) in [5.41, 5.74) is -0.955. The van der Waals surface area contributed by atoms with Gasteiger partial charge in [0.15, 0.2) is 0 Å². The lowest BCUT2D eigenvalue weighted by Gasteiger charge is -2.19. The molecule has 0 saturated heterocycles. The number of hydrogen-bond acceptors (Lipinski definition) is 2. The maximum absolute atomic E-state index is 12.9. The predicted octanol–water partition coefficient (Wildman–Crippen LogP) is 3.72. The first-order valence-corrected chi connectivity index (χ1v) is 8.48. The Kier molecular flexibility index (Phi) is 4.95. The smallest absolute Gasteiger partial charge is 0.416 e. The zero-order valence-corrected chi connectivity index (χ0v) is 14.3. The molecule has 0 aromatic heterocycles. The summed E-state index contributed by atoms with van der Waals surface area (Å²) in [4.78, 5) is 24.2. The number of rotatable bonds is 6. The number of carboxylic acids is 1. The zero-order valence-electron chi connectivity index (χ0n) is 14.3. The molecular weight excluding hydrogens is 359 g/mol. The van der Waals surface area contributed by atoms with Gasteiger partial charge in [0, 0.05) is 6.54 Å². The van der Waals surface area contributed by atoms with Gasteiger partial charge in [-0.3, -0.25) is 9.59 Å². The molecule has 7 heteroatoms. The number of amides is 1. The van der Waals surface area contributed by atoms with Gasteiger partial charge in [-0.1, -0.05) is 48.5 Å². The van der Waals surface area contributed by atoms with Crippen LogP contribution >= 0.6 is 0 Å². The Morgan fingerprint density at radius 2 is 1.74 bits per heavy atom. The van der Waals surface area contributed by atoms with Crippen LogP contribution < -0.4 is 5.32 Å². The van der Waals surface area contributed by atoms with Crippen LogP contribution in [0.15, 0.2) is 54.6 Å². The predicted molar refractivity (Wildman–Crippen MR) is 92.2 cm³/mol. The highest BCUT2D eigenvalue weighted by molar-refractivity contribution is 5.91. The lowest BCUT2D eigenvalue weighted by Crippen LogP contribution is -2.38. The third-order valence-electron chi connectivity index (χ3n) is 4.89. The summed E-state index contributed by atoms with van der Waals surface area (Å²) in [5, 5.41) is 12.0. The molecule has 1 aliphatic rings. The second-order valence-electron chi connectivity index (χ2n) is 6.67. The number of benzene rings is 2. The van der Waals surface area contributed by atoms with E-state index < -0.39 is 34.9 Å². The van der Waals surface area contributed by atoms with Crippen molar-refractivity contribution in [2.24, 2.45) is 0 Å². The SMILES string of the molecule is O=C(O)C(CNC(=O)C1(c2cccc(C(F)(F)F)c2)CC1)c1ccccc1. The molecule has 27 heavy (non-hydrogen) atoms. The van der Waals surface area contributed by atoms with E-state index in [4.69, 9.17) is 0 Å². The molecule has 142 valence electrons. The lowest BCUT2D eigenvalue weighted by molar-refractivity contribution is -0.139. The van der Waals surface area contributed by atoms with Gasteiger partial charge in [-0.15, -0.1) is 0 Å². The molecule has 4 nitrogen and oxygen atoms in total. The van der Waals surface area contributed by atoms with Gasteiger partial charge in [-0.05, 0) is 30.0 Å². The Bertz CT molecular complexity index is 845. The minimum atomic E-state index is -4.48. The summed E-state index contributed by atoms with van der Waals surface area (Å²) in [5.74, 6) is -2.44. The van der Waals surface area contributed by atoms with Crippen molar-refractivity contribution in [3.63, 3.8) is 0 Å². The van der Waals surface area contributed by atoms with Gasteiger partial charge in [0.1, 0.15) is 0 Å². The topological polar surface area (TPSA) is 66.4 Å². The van der Waals surface area contributed by atoms with Crippen LogP contribution in [0.4, 0.5) is 13.2 Å². The van der Waals surface area contributed by atoms with Gasteiger partial charge in [-0.25, -0.2) is 0 Å². The van der Waals surface area contributed by atoms with Crippen LogP contribution in [0.3, 0.4) is 0 Å². The molecule has 3 rings (SSSR count). The summed E-state index contributed by atoms with van der Waals surface area (Å²) >= 11 is 0. The van der Waals surface area contributed by atoms with E-state index in [2.05, 4.69) is 5.32 Å². The van der Waals surface area contributed by atoms with E-state index in [1.165, 1.54) is 12.1 Å². The van der Waals surface area contributed by atoms with Crippen molar-refractivity contribution in [2.45, 2.75) is 30.4 Å². The van der Waals surface area contributed by atoms with Gasteiger partial charge in [0.05, 0.1) is 16.9 Å². The van der Waals surface area contributed by atoms with Crippen molar-refractivity contribution in [3.05, 3.63) is 71.3 Å². The van der Waals surface area contributed by atoms with Gasteiger partial charge in [0.2, 0.25) is 5.91 Å². The number of nitrogens with one attached hydrogen (secondary N) is 1. The first-order chi connectivity index (χ1) is 12.7. The maximum Gasteiger partial charge on any atom is 0.416 e. The highest BCUT2D eigenvalue weighted by atomic mass is 19.4. The fourth-order valence-electron chi connectivity index (χ4n) is 3.16. The fraction of sp³-hybridized carbons (Fsp3) is 0.300. The highest BCUT2D eigenvalue weighted by Gasteiger charge is 2.51. The molecule has 2 N–H and O–H groups in total. The largest absolute Gasteiger partial charge is 0.481 e. The number of aliphatic carboxylic acids is 1. The number of halogens is 3. The Morgan fingerprint density at radius 1 is 1.07 bits per heavy atom. The molecule has 0 spiro atoms. The molecule has 1 fully saturated rings. The Balaban J connectivity index is 1.75. The summed E-state index contributed by atoms with van der Waals surface area (Å²) in [6.07, 6.45) is -3.61. The van der Waals surface area contributed by atoms with Crippen LogP contribution in [0.1, 0.15) is 35.4 Å². The summed E-state index contributed by atoms with van der Waals surface area (Å²) in [7, 11) is 0. The van der Waals surface area contributed by atoms with Crippen molar-refractivity contribution >= 4 is 11.9 Å². The lowest BCUT2D eigenvalue weighted by atomic mass is 9.92. The molecule has 0 radical (unpaired) electrons. The summed E-state index contributed by atoms with van der Waals surface area (Å²) in [6, 6.07) is 13.2. The average Bonchev–Trinajstić information content (AvgIpc) is 3.44. The van der Waals surface area contributed by atoms with E-state index in [-0.39, 0.29) is 6.54 Å². The first kappa shape index (κ1) is 18.9.